The Morgan fingerprint density at radius 3 is 2.55 bits per heavy atom. The summed E-state index contributed by atoms with van der Waals surface area (Å²) in [6.45, 7) is 0.0145. The van der Waals surface area contributed by atoms with E-state index in [1.165, 1.54) is 24.3 Å². The number of aromatic carboxylic acids is 1. The molecule has 0 saturated heterocycles. The number of rotatable bonds is 6. The van der Waals surface area contributed by atoms with Crippen LogP contribution in [0.2, 0.25) is 0 Å². The zero-order chi connectivity index (χ0) is 16.2. The van der Waals surface area contributed by atoms with Crippen LogP contribution in [-0.2, 0) is 16.4 Å². The molecule has 2 aromatic rings. The Morgan fingerprint density at radius 1 is 1.14 bits per heavy atom. The predicted octanol–water partition coefficient (Wildman–Crippen LogP) is 2.04. The third kappa shape index (κ3) is 3.90. The van der Waals surface area contributed by atoms with E-state index in [9.17, 15) is 17.6 Å². The van der Waals surface area contributed by atoms with Crippen molar-refractivity contribution < 1.29 is 22.7 Å². The van der Waals surface area contributed by atoms with Crippen LogP contribution in [0, 0.1) is 5.82 Å². The van der Waals surface area contributed by atoms with E-state index >= 15 is 0 Å². The summed E-state index contributed by atoms with van der Waals surface area (Å²) in [4.78, 5) is 10.7. The Morgan fingerprint density at radius 2 is 1.86 bits per heavy atom. The summed E-state index contributed by atoms with van der Waals surface area (Å²) < 4.78 is 39.9. The van der Waals surface area contributed by atoms with E-state index in [0.717, 1.165) is 6.07 Å². The average Bonchev–Trinajstić information content (AvgIpc) is 2.49. The minimum atomic E-state index is -3.84. The lowest BCUT2D eigenvalue weighted by Gasteiger charge is -2.08. The van der Waals surface area contributed by atoms with Crippen molar-refractivity contribution >= 4 is 16.0 Å². The molecule has 0 amide bonds. The Bertz CT molecular complexity index is 790. The maximum atomic E-state index is 13.4. The normalized spacial score (nSPS) is 11.3. The Hall–Kier alpha value is -2.25. The first-order valence-electron chi connectivity index (χ1n) is 6.46. The fourth-order valence-corrected chi connectivity index (χ4v) is 2.98. The lowest BCUT2D eigenvalue weighted by atomic mass is 10.1. The zero-order valence-corrected chi connectivity index (χ0v) is 12.3. The SMILES string of the molecule is O=C(O)c1cccc(S(=O)(=O)NCCc2ccccc2F)c1. The average molecular weight is 323 g/mol. The second-order valence-electron chi connectivity index (χ2n) is 4.57. The van der Waals surface area contributed by atoms with Crippen LogP contribution in [0.15, 0.2) is 53.4 Å². The van der Waals surface area contributed by atoms with Gasteiger partial charge in [-0.2, -0.15) is 0 Å². The van der Waals surface area contributed by atoms with Gasteiger partial charge in [0.05, 0.1) is 10.5 Å². The summed E-state index contributed by atoms with van der Waals surface area (Å²) in [5.41, 5.74) is 0.293. The molecule has 7 heteroatoms. The second kappa shape index (κ2) is 6.67. The van der Waals surface area contributed by atoms with E-state index in [1.807, 2.05) is 0 Å². The summed E-state index contributed by atoms with van der Waals surface area (Å²) >= 11 is 0. The first kappa shape index (κ1) is 16.1. The first-order valence-corrected chi connectivity index (χ1v) is 7.95. The minimum absolute atomic E-state index is 0.0145. The van der Waals surface area contributed by atoms with Crippen molar-refractivity contribution in [1.82, 2.24) is 4.72 Å². The van der Waals surface area contributed by atoms with Gasteiger partial charge >= 0.3 is 5.97 Å². The van der Waals surface area contributed by atoms with Gasteiger partial charge in [-0.3, -0.25) is 0 Å². The highest BCUT2D eigenvalue weighted by molar-refractivity contribution is 7.89. The molecule has 0 heterocycles. The maximum absolute atomic E-state index is 13.4. The van der Waals surface area contributed by atoms with Crippen molar-refractivity contribution in [2.45, 2.75) is 11.3 Å². The molecule has 0 fully saturated rings. The third-order valence-electron chi connectivity index (χ3n) is 3.04. The van der Waals surface area contributed by atoms with Crippen LogP contribution in [-0.4, -0.2) is 26.0 Å². The van der Waals surface area contributed by atoms with Crippen LogP contribution in [0.4, 0.5) is 4.39 Å². The van der Waals surface area contributed by atoms with Crippen LogP contribution < -0.4 is 4.72 Å². The van der Waals surface area contributed by atoms with Crippen molar-refractivity contribution in [2.75, 3.05) is 6.54 Å². The summed E-state index contributed by atoms with van der Waals surface area (Å²) in [7, 11) is -3.84. The van der Waals surface area contributed by atoms with Crippen molar-refractivity contribution in [1.29, 1.82) is 0 Å². The number of halogens is 1. The molecular weight excluding hydrogens is 309 g/mol. The second-order valence-corrected chi connectivity index (χ2v) is 6.34. The molecule has 0 unspecified atom stereocenters. The summed E-state index contributed by atoms with van der Waals surface area (Å²) in [5, 5.41) is 8.87. The molecule has 2 N–H and O–H groups in total. The molecule has 5 nitrogen and oxygen atoms in total. The van der Waals surface area contributed by atoms with Crippen molar-refractivity contribution in [3.8, 4) is 0 Å². The molecule has 2 rings (SSSR count). The number of nitrogens with one attached hydrogen (secondary N) is 1. The highest BCUT2D eigenvalue weighted by atomic mass is 32.2. The van der Waals surface area contributed by atoms with Gasteiger partial charge in [0.25, 0.3) is 0 Å². The van der Waals surface area contributed by atoms with Gasteiger partial charge in [-0.15, -0.1) is 0 Å². The molecule has 22 heavy (non-hydrogen) atoms. The van der Waals surface area contributed by atoms with E-state index in [4.69, 9.17) is 5.11 Å². The molecule has 0 aliphatic heterocycles. The van der Waals surface area contributed by atoms with E-state index in [1.54, 1.807) is 18.2 Å². The molecule has 0 radical (unpaired) electrons. The van der Waals surface area contributed by atoms with Gasteiger partial charge in [0.15, 0.2) is 0 Å². The molecule has 0 saturated carbocycles. The number of carbonyl (C=O) groups is 1. The van der Waals surface area contributed by atoms with Gasteiger partial charge in [-0.25, -0.2) is 22.3 Å². The number of benzene rings is 2. The summed E-state index contributed by atoms with van der Waals surface area (Å²) in [6, 6.07) is 11.2. The molecule has 0 aromatic heterocycles. The highest BCUT2D eigenvalue weighted by Crippen LogP contribution is 2.12. The summed E-state index contributed by atoms with van der Waals surface area (Å²) in [5.74, 6) is -1.60. The standard InChI is InChI=1S/C15H14FNO4S/c16-14-7-2-1-4-11(14)8-9-17-22(20,21)13-6-3-5-12(10-13)15(18)19/h1-7,10,17H,8-9H2,(H,18,19). The van der Waals surface area contributed by atoms with Crippen molar-refractivity contribution in [2.24, 2.45) is 0 Å². The Kier molecular flexibility index (Phi) is 4.89. The maximum Gasteiger partial charge on any atom is 0.335 e. The molecule has 116 valence electrons. The molecule has 0 atom stereocenters. The zero-order valence-electron chi connectivity index (χ0n) is 11.5. The first-order chi connectivity index (χ1) is 10.4. The fraction of sp³-hybridized carbons (Fsp3) is 0.133. The van der Waals surface area contributed by atoms with Crippen LogP contribution in [0.25, 0.3) is 0 Å². The predicted molar refractivity (Wildman–Crippen MR) is 78.7 cm³/mol. The Balaban J connectivity index is 2.07. The smallest absolute Gasteiger partial charge is 0.335 e. The summed E-state index contributed by atoms with van der Waals surface area (Å²) in [6.07, 6.45) is 0.199. The van der Waals surface area contributed by atoms with Gasteiger partial charge in [0.2, 0.25) is 10.0 Å². The Labute approximate surface area is 127 Å². The van der Waals surface area contributed by atoms with Crippen LogP contribution in [0.5, 0.6) is 0 Å². The van der Waals surface area contributed by atoms with E-state index < -0.39 is 21.8 Å². The fourth-order valence-electron chi connectivity index (χ4n) is 1.90. The van der Waals surface area contributed by atoms with Crippen molar-refractivity contribution in [3.63, 3.8) is 0 Å². The number of sulfonamides is 1. The van der Waals surface area contributed by atoms with Gasteiger partial charge in [-0.1, -0.05) is 24.3 Å². The van der Waals surface area contributed by atoms with Crippen LogP contribution in [0.1, 0.15) is 15.9 Å². The molecule has 0 aliphatic rings. The molecular formula is C15H14FNO4S. The lowest BCUT2D eigenvalue weighted by Crippen LogP contribution is -2.26. The third-order valence-corrected chi connectivity index (χ3v) is 4.49. The van der Waals surface area contributed by atoms with Gasteiger partial charge < -0.3 is 5.11 Å². The number of carboxylic acids is 1. The number of hydrogen-bond acceptors (Lipinski definition) is 3. The largest absolute Gasteiger partial charge is 0.478 e. The topological polar surface area (TPSA) is 83.5 Å². The molecule has 2 aromatic carbocycles. The minimum Gasteiger partial charge on any atom is -0.478 e. The van der Waals surface area contributed by atoms with Crippen LogP contribution in [0.3, 0.4) is 0 Å². The monoisotopic (exact) mass is 323 g/mol. The molecule has 0 aliphatic carbocycles. The quantitative estimate of drug-likeness (QED) is 0.852. The lowest BCUT2D eigenvalue weighted by molar-refractivity contribution is 0.0696. The van der Waals surface area contributed by atoms with E-state index in [2.05, 4.69) is 4.72 Å². The van der Waals surface area contributed by atoms with E-state index in [0.29, 0.717) is 5.56 Å². The number of hydrogen-bond donors (Lipinski definition) is 2. The van der Waals surface area contributed by atoms with Gasteiger partial charge in [0, 0.05) is 6.54 Å². The number of carboxylic acid groups (broad SMARTS) is 1. The van der Waals surface area contributed by atoms with Crippen LogP contribution >= 0.6 is 0 Å². The highest BCUT2D eigenvalue weighted by Gasteiger charge is 2.15. The van der Waals surface area contributed by atoms with E-state index in [-0.39, 0.29) is 23.4 Å². The van der Waals surface area contributed by atoms with Crippen molar-refractivity contribution in [3.05, 3.63) is 65.5 Å². The van der Waals surface area contributed by atoms with Gasteiger partial charge in [-0.05, 0) is 36.2 Å². The molecule has 0 spiro atoms. The van der Waals surface area contributed by atoms with Gasteiger partial charge in [0.1, 0.15) is 5.82 Å². The molecule has 0 bridgehead atoms.